The molecule has 5 heterocycles. The number of anilines is 1. The maximum absolute atomic E-state index is 13.8. The van der Waals surface area contributed by atoms with Crippen LogP contribution in [0.3, 0.4) is 0 Å². The van der Waals surface area contributed by atoms with Gasteiger partial charge in [0.1, 0.15) is 0 Å². The van der Waals surface area contributed by atoms with Crippen LogP contribution >= 0.6 is 22.9 Å². The highest BCUT2D eigenvalue weighted by molar-refractivity contribution is 7.90. The third-order valence-electron chi connectivity index (χ3n) is 10.2. The number of thiophene rings is 1. The average Bonchev–Trinajstić information content (AvgIpc) is 3.52. The molecule has 1 aromatic carbocycles. The van der Waals surface area contributed by atoms with E-state index < -0.39 is 28.6 Å². The molecule has 44 heavy (non-hydrogen) atoms. The summed E-state index contributed by atoms with van der Waals surface area (Å²) in [5, 5.41) is 0.860. The van der Waals surface area contributed by atoms with Crippen LogP contribution in [0.15, 0.2) is 30.5 Å². The van der Waals surface area contributed by atoms with Crippen LogP contribution in [0.5, 0.6) is 0 Å². The number of fused-ring (bicyclic) bond motifs is 2. The third-order valence-corrected chi connectivity index (χ3v) is 18.7. The lowest BCUT2D eigenvalue weighted by Crippen LogP contribution is -2.62. The minimum Gasteiger partial charge on any atom is -0.412 e. The Morgan fingerprint density at radius 3 is 2.50 bits per heavy atom. The molecule has 0 amide bonds. The number of hydrogen-bond acceptors (Lipinski definition) is 7. The first kappa shape index (κ1) is 32.4. The quantitative estimate of drug-likeness (QED) is 0.248. The van der Waals surface area contributed by atoms with Crippen molar-refractivity contribution >= 4 is 57.2 Å². The minimum atomic E-state index is -3.52. The number of pyridine rings is 1. The lowest BCUT2D eigenvalue weighted by atomic mass is 9.90. The molecule has 3 aliphatic heterocycles. The molecule has 6 rings (SSSR count). The first-order valence-corrected chi connectivity index (χ1v) is 21.2. The minimum absolute atomic E-state index is 0.0456. The standard InChI is InChI=1S/C33H46ClN3O4S2Si/c1-31(2,3)43(38,39)37-18-24(17-33(37)20-40-21-33)36-13-9-10-22-14-23(34)15-27(29(22)36)26-11-12-35-28-16-25(42-30(26)28)19-41-44(7,8)32(4,5)6/h11-12,14-16,24H,9-10,13,17-21H2,1-8H3. The summed E-state index contributed by atoms with van der Waals surface area (Å²) in [6, 6.07) is 8.49. The summed E-state index contributed by atoms with van der Waals surface area (Å²) in [5.41, 5.74) is 5.09. The van der Waals surface area contributed by atoms with Gasteiger partial charge < -0.3 is 14.1 Å². The topological polar surface area (TPSA) is 72.0 Å². The molecule has 3 aliphatic rings. The molecule has 1 spiro atoms. The predicted molar refractivity (Wildman–Crippen MR) is 185 cm³/mol. The van der Waals surface area contributed by atoms with Gasteiger partial charge in [0, 0.05) is 52.0 Å². The predicted octanol–water partition coefficient (Wildman–Crippen LogP) is 7.86. The molecular weight excluding hydrogens is 630 g/mol. The second kappa shape index (κ2) is 11.0. The Kier molecular flexibility index (Phi) is 8.12. The van der Waals surface area contributed by atoms with E-state index in [1.807, 2.05) is 6.20 Å². The highest BCUT2D eigenvalue weighted by Gasteiger charge is 2.59. The lowest BCUT2D eigenvalue weighted by molar-refractivity contribution is -0.0968. The van der Waals surface area contributed by atoms with Gasteiger partial charge in [0.25, 0.3) is 0 Å². The largest absolute Gasteiger partial charge is 0.412 e. The molecule has 240 valence electrons. The number of sulfonamides is 1. The summed E-state index contributed by atoms with van der Waals surface area (Å²) in [7, 11) is -5.42. The van der Waals surface area contributed by atoms with Crippen molar-refractivity contribution in [3.05, 3.63) is 45.9 Å². The molecule has 0 radical (unpaired) electrons. The van der Waals surface area contributed by atoms with Gasteiger partial charge in [0.15, 0.2) is 8.32 Å². The molecule has 3 aromatic rings. The molecule has 0 bridgehead atoms. The monoisotopic (exact) mass is 675 g/mol. The number of aryl methyl sites for hydroxylation is 1. The van der Waals surface area contributed by atoms with Crippen molar-refractivity contribution < 1.29 is 17.6 Å². The van der Waals surface area contributed by atoms with E-state index >= 15 is 0 Å². The smallest absolute Gasteiger partial charge is 0.219 e. The summed E-state index contributed by atoms with van der Waals surface area (Å²) < 4.78 is 41.9. The summed E-state index contributed by atoms with van der Waals surface area (Å²) >= 11 is 8.55. The van der Waals surface area contributed by atoms with Crippen LogP contribution in [0, 0.1) is 0 Å². The van der Waals surface area contributed by atoms with E-state index in [4.69, 9.17) is 25.7 Å². The number of aromatic nitrogens is 1. The molecule has 1 atom stereocenters. The summed E-state index contributed by atoms with van der Waals surface area (Å²) in [4.78, 5) is 8.39. The van der Waals surface area contributed by atoms with Crippen LogP contribution in [0.4, 0.5) is 5.69 Å². The molecular formula is C33H46ClN3O4S2Si. The molecule has 7 nitrogen and oxygen atoms in total. The Hall–Kier alpha value is -1.53. The highest BCUT2D eigenvalue weighted by Crippen LogP contribution is 2.48. The highest BCUT2D eigenvalue weighted by atomic mass is 35.5. The second-order valence-electron chi connectivity index (χ2n) is 15.3. The Balaban J connectivity index is 1.39. The second-order valence-corrected chi connectivity index (χ2v) is 24.3. The number of ether oxygens (including phenoxy) is 1. The fourth-order valence-corrected chi connectivity index (χ4v) is 10.6. The van der Waals surface area contributed by atoms with Crippen molar-refractivity contribution in [3.63, 3.8) is 0 Å². The number of rotatable bonds is 6. The van der Waals surface area contributed by atoms with Gasteiger partial charge in [-0.2, -0.15) is 4.31 Å². The maximum atomic E-state index is 13.8. The van der Waals surface area contributed by atoms with Crippen LogP contribution in [0.1, 0.15) is 64.8 Å². The number of halogens is 1. The van der Waals surface area contributed by atoms with Gasteiger partial charge in [0.05, 0.1) is 40.3 Å². The molecule has 2 fully saturated rings. The van der Waals surface area contributed by atoms with Crippen molar-refractivity contribution in [2.45, 2.75) is 102 Å². The van der Waals surface area contributed by atoms with Gasteiger partial charge in [-0.3, -0.25) is 4.98 Å². The molecule has 2 aromatic heterocycles. The van der Waals surface area contributed by atoms with Crippen molar-refractivity contribution in [3.8, 4) is 11.1 Å². The van der Waals surface area contributed by atoms with E-state index in [9.17, 15) is 8.42 Å². The Morgan fingerprint density at radius 2 is 1.86 bits per heavy atom. The van der Waals surface area contributed by atoms with E-state index in [1.54, 1.807) is 36.4 Å². The fraction of sp³-hybridized carbons (Fsp3) is 0.606. The zero-order valence-corrected chi connectivity index (χ0v) is 30.7. The fourth-order valence-electron chi connectivity index (χ4n) is 6.53. The van der Waals surface area contributed by atoms with Crippen molar-refractivity contribution in [1.29, 1.82) is 0 Å². The maximum Gasteiger partial charge on any atom is 0.219 e. The van der Waals surface area contributed by atoms with E-state index in [0.717, 1.165) is 52.2 Å². The van der Waals surface area contributed by atoms with Crippen LogP contribution in [-0.4, -0.2) is 68.7 Å². The Labute approximate surface area is 273 Å². The summed E-state index contributed by atoms with van der Waals surface area (Å²) in [6.45, 7) is 19.6. The molecule has 1 unspecified atom stereocenters. The van der Waals surface area contributed by atoms with Gasteiger partial charge in [-0.15, -0.1) is 11.3 Å². The molecule has 2 saturated heterocycles. The van der Waals surface area contributed by atoms with E-state index in [0.29, 0.717) is 26.4 Å². The zero-order chi connectivity index (χ0) is 31.9. The van der Waals surface area contributed by atoms with Crippen LogP contribution < -0.4 is 4.90 Å². The van der Waals surface area contributed by atoms with E-state index in [1.165, 1.54) is 16.1 Å². The van der Waals surface area contributed by atoms with Crippen LogP contribution in [0.2, 0.25) is 23.2 Å². The molecule has 0 saturated carbocycles. The zero-order valence-electron chi connectivity index (χ0n) is 27.3. The first-order valence-electron chi connectivity index (χ1n) is 15.6. The van der Waals surface area contributed by atoms with Crippen LogP contribution in [0.25, 0.3) is 21.3 Å². The first-order chi connectivity index (χ1) is 20.4. The number of nitrogens with zero attached hydrogens (tertiary/aromatic N) is 3. The van der Waals surface area contributed by atoms with Gasteiger partial charge in [0.2, 0.25) is 10.0 Å². The van der Waals surface area contributed by atoms with Gasteiger partial charge in [-0.1, -0.05) is 32.4 Å². The lowest BCUT2D eigenvalue weighted by Gasteiger charge is -2.46. The summed E-state index contributed by atoms with van der Waals surface area (Å²) in [5.74, 6) is 0. The Morgan fingerprint density at radius 1 is 1.14 bits per heavy atom. The number of benzene rings is 1. The molecule has 0 aliphatic carbocycles. The van der Waals surface area contributed by atoms with Gasteiger partial charge in [-0.25, -0.2) is 8.42 Å². The normalized spacial score (nSPS) is 21.2. The average molecular weight is 676 g/mol. The summed E-state index contributed by atoms with van der Waals surface area (Å²) in [6.07, 6.45) is 4.58. The molecule has 0 N–H and O–H groups in total. The van der Waals surface area contributed by atoms with E-state index in [2.05, 4.69) is 63.0 Å². The van der Waals surface area contributed by atoms with Crippen molar-refractivity contribution in [2.75, 3.05) is 31.2 Å². The number of hydrogen-bond donors (Lipinski definition) is 0. The third kappa shape index (κ3) is 5.46. The van der Waals surface area contributed by atoms with Gasteiger partial charge in [-0.05, 0) is 88.0 Å². The SMILES string of the molecule is CC(C)(C)[Si](C)(C)OCc1cc2nccc(-c3cc(Cl)cc4c3N(C3CN(S(=O)(=O)C(C)(C)C)C5(COC5)C3)CCC4)c2s1. The molecule has 11 heteroatoms. The van der Waals surface area contributed by atoms with Crippen molar-refractivity contribution in [1.82, 2.24) is 9.29 Å². The van der Waals surface area contributed by atoms with Crippen LogP contribution in [-0.2, 0) is 32.2 Å². The van der Waals surface area contributed by atoms with E-state index in [-0.39, 0.29) is 11.1 Å². The Bertz CT molecular complexity index is 1690. The van der Waals surface area contributed by atoms with Crippen molar-refractivity contribution in [2.24, 2.45) is 0 Å². The van der Waals surface area contributed by atoms with Gasteiger partial charge >= 0.3 is 0 Å².